The minimum Gasteiger partial charge on any atom is -0.326 e. The fraction of sp³-hybridized carbons (Fsp3) is 0.524. The van der Waals surface area contributed by atoms with E-state index in [4.69, 9.17) is 5.10 Å². The van der Waals surface area contributed by atoms with Crippen molar-refractivity contribution in [1.82, 2.24) is 19.6 Å². The van der Waals surface area contributed by atoms with Crippen molar-refractivity contribution >= 4 is 17.7 Å². The first kappa shape index (κ1) is 20.0. The van der Waals surface area contributed by atoms with E-state index in [1.807, 2.05) is 22.9 Å². The van der Waals surface area contributed by atoms with Gasteiger partial charge in [0.15, 0.2) is 0 Å². The largest absolute Gasteiger partial charge is 0.326 e. The Bertz CT molecular complexity index is 770. The van der Waals surface area contributed by atoms with Gasteiger partial charge in [-0.3, -0.25) is 4.79 Å². The number of carbonyl (C=O) groups is 1. The second-order valence-electron chi connectivity index (χ2n) is 6.96. The van der Waals surface area contributed by atoms with Gasteiger partial charge in [0.05, 0.1) is 17.1 Å². The van der Waals surface area contributed by atoms with E-state index in [0.29, 0.717) is 5.75 Å². The Kier molecular flexibility index (Phi) is 6.60. The predicted molar refractivity (Wildman–Crippen MR) is 112 cm³/mol. The molecule has 2 aromatic rings. The summed E-state index contributed by atoms with van der Waals surface area (Å²) in [5, 5.41) is 4.85. The maximum Gasteiger partial charge on any atom is 0.233 e. The SMILES string of the molecule is CCN(CC)CCCN1C(=O)CSC1c1c(C)nn(-c2ccccc2)c1C. The van der Waals surface area contributed by atoms with Gasteiger partial charge in [0.2, 0.25) is 5.91 Å². The molecule has 1 atom stereocenters. The van der Waals surface area contributed by atoms with Crippen LogP contribution in [0.3, 0.4) is 0 Å². The van der Waals surface area contributed by atoms with E-state index in [-0.39, 0.29) is 11.3 Å². The van der Waals surface area contributed by atoms with Gasteiger partial charge < -0.3 is 9.80 Å². The standard InChI is InChI=1S/C21H30N4OS/c1-5-23(6-2)13-10-14-24-19(26)15-27-21(24)20-16(3)22-25(17(20)4)18-11-8-7-9-12-18/h7-9,11-12,21H,5-6,10,13-15H2,1-4H3. The van der Waals surface area contributed by atoms with Crippen molar-refractivity contribution in [2.75, 3.05) is 31.9 Å². The van der Waals surface area contributed by atoms with Gasteiger partial charge in [-0.1, -0.05) is 32.0 Å². The Morgan fingerprint density at radius 3 is 2.56 bits per heavy atom. The average molecular weight is 387 g/mol. The molecule has 1 amide bonds. The first-order valence-electron chi connectivity index (χ1n) is 9.81. The van der Waals surface area contributed by atoms with Gasteiger partial charge >= 0.3 is 0 Å². The molecule has 1 saturated heterocycles. The van der Waals surface area contributed by atoms with Crippen molar-refractivity contribution in [2.45, 2.75) is 39.5 Å². The molecule has 27 heavy (non-hydrogen) atoms. The summed E-state index contributed by atoms with van der Waals surface area (Å²) in [6.07, 6.45) is 1.01. The average Bonchev–Trinajstić information content (AvgIpc) is 3.18. The van der Waals surface area contributed by atoms with E-state index < -0.39 is 0 Å². The first-order chi connectivity index (χ1) is 13.1. The molecule has 1 unspecified atom stereocenters. The van der Waals surface area contributed by atoms with Gasteiger partial charge in [-0.25, -0.2) is 4.68 Å². The van der Waals surface area contributed by atoms with E-state index in [1.54, 1.807) is 11.8 Å². The molecule has 2 heterocycles. The summed E-state index contributed by atoms with van der Waals surface area (Å²) in [5.41, 5.74) is 4.39. The van der Waals surface area contributed by atoms with E-state index in [9.17, 15) is 4.79 Å². The summed E-state index contributed by atoms with van der Waals surface area (Å²) in [4.78, 5) is 17.0. The number of nitrogens with zero attached hydrogens (tertiary/aromatic N) is 4. The summed E-state index contributed by atoms with van der Waals surface area (Å²) < 4.78 is 2.00. The van der Waals surface area contributed by atoms with Crippen molar-refractivity contribution in [2.24, 2.45) is 0 Å². The molecule has 0 radical (unpaired) electrons. The molecule has 1 aliphatic heterocycles. The molecular formula is C21H30N4OS. The number of amides is 1. The lowest BCUT2D eigenvalue weighted by Crippen LogP contribution is -2.33. The number of thioether (sulfide) groups is 1. The van der Waals surface area contributed by atoms with Crippen LogP contribution in [0, 0.1) is 13.8 Å². The summed E-state index contributed by atoms with van der Waals surface area (Å²) in [7, 11) is 0. The molecule has 5 nitrogen and oxygen atoms in total. The van der Waals surface area contributed by atoms with Crippen LogP contribution in [-0.4, -0.2) is 57.4 Å². The number of benzene rings is 1. The maximum atomic E-state index is 12.5. The number of para-hydroxylation sites is 1. The minimum atomic E-state index is 0.0756. The van der Waals surface area contributed by atoms with Crippen molar-refractivity contribution in [3.8, 4) is 5.69 Å². The van der Waals surface area contributed by atoms with Gasteiger partial charge in [-0.2, -0.15) is 5.10 Å². The van der Waals surface area contributed by atoms with Gasteiger partial charge in [0, 0.05) is 17.8 Å². The number of hydrogen-bond acceptors (Lipinski definition) is 4. The Labute approximate surface area is 166 Å². The summed E-state index contributed by atoms with van der Waals surface area (Å²) >= 11 is 1.73. The highest BCUT2D eigenvalue weighted by Gasteiger charge is 2.36. The highest BCUT2D eigenvalue weighted by atomic mass is 32.2. The second kappa shape index (κ2) is 8.93. The number of aryl methyl sites for hydroxylation is 1. The molecule has 0 spiro atoms. The number of rotatable bonds is 8. The van der Waals surface area contributed by atoms with Crippen LogP contribution in [0.25, 0.3) is 5.69 Å². The zero-order chi connectivity index (χ0) is 19.4. The quantitative estimate of drug-likeness (QED) is 0.692. The van der Waals surface area contributed by atoms with Crippen LogP contribution in [0.1, 0.15) is 42.6 Å². The fourth-order valence-corrected chi connectivity index (χ4v) is 5.15. The lowest BCUT2D eigenvalue weighted by molar-refractivity contribution is -0.128. The minimum absolute atomic E-state index is 0.0756. The van der Waals surface area contributed by atoms with Gasteiger partial charge in [-0.05, 0) is 52.0 Å². The number of aromatic nitrogens is 2. The maximum absolute atomic E-state index is 12.5. The van der Waals surface area contributed by atoms with Gasteiger partial charge in [-0.15, -0.1) is 11.8 Å². The van der Waals surface area contributed by atoms with E-state index in [2.05, 4.69) is 49.6 Å². The monoisotopic (exact) mass is 386 g/mol. The summed E-state index contributed by atoms with van der Waals surface area (Å²) in [6, 6.07) is 10.2. The first-order valence-corrected chi connectivity index (χ1v) is 10.9. The molecule has 1 aliphatic rings. The molecule has 1 fully saturated rings. The zero-order valence-electron chi connectivity index (χ0n) is 16.8. The van der Waals surface area contributed by atoms with Crippen LogP contribution >= 0.6 is 11.8 Å². The lowest BCUT2D eigenvalue weighted by atomic mass is 10.1. The van der Waals surface area contributed by atoms with E-state index >= 15 is 0 Å². The van der Waals surface area contributed by atoms with Crippen LogP contribution in [0.5, 0.6) is 0 Å². The van der Waals surface area contributed by atoms with Crippen molar-refractivity contribution < 1.29 is 4.79 Å². The molecule has 0 saturated carbocycles. The van der Waals surface area contributed by atoms with Crippen LogP contribution in [0.2, 0.25) is 0 Å². The highest BCUT2D eigenvalue weighted by Crippen LogP contribution is 2.41. The summed E-state index contributed by atoms with van der Waals surface area (Å²) in [6.45, 7) is 12.5. The third kappa shape index (κ3) is 4.22. The predicted octanol–water partition coefficient (Wildman–Crippen LogP) is 3.80. The van der Waals surface area contributed by atoms with E-state index in [1.165, 1.54) is 5.56 Å². The molecule has 146 valence electrons. The third-order valence-electron chi connectivity index (χ3n) is 5.33. The van der Waals surface area contributed by atoms with Crippen LogP contribution in [0.4, 0.5) is 0 Å². The molecule has 1 aromatic carbocycles. The van der Waals surface area contributed by atoms with Crippen LogP contribution in [0.15, 0.2) is 30.3 Å². The molecule has 0 bridgehead atoms. The summed E-state index contributed by atoms with van der Waals surface area (Å²) in [5.74, 6) is 0.807. The van der Waals surface area contributed by atoms with Crippen LogP contribution < -0.4 is 0 Å². The smallest absolute Gasteiger partial charge is 0.233 e. The lowest BCUT2D eigenvalue weighted by Gasteiger charge is -2.26. The van der Waals surface area contributed by atoms with Crippen molar-refractivity contribution in [3.63, 3.8) is 0 Å². The molecular weight excluding hydrogens is 356 g/mol. The Balaban J connectivity index is 1.80. The van der Waals surface area contributed by atoms with Gasteiger partial charge in [0.1, 0.15) is 5.37 Å². The Morgan fingerprint density at radius 2 is 1.89 bits per heavy atom. The third-order valence-corrected chi connectivity index (χ3v) is 6.55. The second-order valence-corrected chi connectivity index (χ2v) is 8.03. The topological polar surface area (TPSA) is 41.4 Å². The van der Waals surface area contributed by atoms with Gasteiger partial charge in [0.25, 0.3) is 0 Å². The number of hydrogen-bond donors (Lipinski definition) is 0. The molecule has 1 aromatic heterocycles. The molecule has 0 aliphatic carbocycles. The molecule has 0 N–H and O–H groups in total. The van der Waals surface area contributed by atoms with Crippen molar-refractivity contribution in [1.29, 1.82) is 0 Å². The van der Waals surface area contributed by atoms with E-state index in [0.717, 1.165) is 49.7 Å². The molecule has 6 heteroatoms. The Hall–Kier alpha value is -1.79. The fourth-order valence-electron chi connectivity index (χ4n) is 3.77. The highest BCUT2D eigenvalue weighted by molar-refractivity contribution is 8.00. The Morgan fingerprint density at radius 1 is 1.19 bits per heavy atom. The van der Waals surface area contributed by atoms with Crippen LogP contribution in [-0.2, 0) is 4.79 Å². The number of carbonyl (C=O) groups excluding carboxylic acids is 1. The van der Waals surface area contributed by atoms with Crippen molar-refractivity contribution in [3.05, 3.63) is 47.3 Å². The zero-order valence-corrected chi connectivity index (χ0v) is 17.6. The normalized spacial score (nSPS) is 17.3. The molecule has 3 rings (SSSR count).